The lowest BCUT2D eigenvalue weighted by atomic mass is 10.0. The van der Waals surface area contributed by atoms with Crippen LogP contribution in [0.15, 0.2) is 18.3 Å². The van der Waals surface area contributed by atoms with Crippen molar-refractivity contribution in [2.24, 2.45) is 0 Å². The lowest BCUT2D eigenvalue weighted by Gasteiger charge is -2.20. The number of hydrogen-bond donors (Lipinski definition) is 0. The summed E-state index contributed by atoms with van der Waals surface area (Å²) in [5.74, 6) is -1.89. The molecule has 0 aromatic carbocycles. The summed E-state index contributed by atoms with van der Waals surface area (Å²) < 4.78 is 7.07. The van der Waals surface area contributed by atoms with Crippen molar-refractivity contribution in [2.75, 3.05) is 14.2 Å². The molecule has 1 aromatic heterocycles. The van der Waals surface area contributed by atoms with E-state index < -0.39 is 21.2 Å². The van der Waals surface area contributed by atoms with Gasteiger partial charge in [0.25, 0.3) is 10.0 Å². The van der Waals surface area contributed by atoms with E-state index in [9.17, 15) is 19.7 Å². The summed E-state index contributed by atoms with van der Waals surface area (Å²) in [6.07, 6.45) is 0.928. The third kappa shape index (κ3) is 2.70. The average Bonchev–Trinajstić information content (AvgIpc) is 2.44. The van der Waals surface area contributed by atoms with Crippen LogP contribution in [0.3, 0.4) is 0 Å². The highest BCUT2D eigenvalue weighted by atomic mass is 79.9. The van der Waals surface area contributed by atoms with Gasteiger partial charge in [-0.2, -0.15) is 0 Å². The van der Waals surface area contributed by atoms with E-state index in [1.807, 2.05) is 0 Å². The maximum absolute atomic E-state index is 11.7. The Bertz CT molecular complexity index is 499. The number of aromatic nitrogens is 1. The molecule has 0 aliphatic carbocycles. The molecule has 102 valence electrons. The molecule has 0 saturated heterocycles. The van der Waals surface area contributed by atoms with Crippen molar-refractivity contribution < 1.29 is 24.0 Å². The van der Waals surface area contributed by atoms with Crippen LogP contribution < -0.4 is 0 Å². The molecule has 1 rings (SSSR count). The normalized spacial score (nSPS) is 10.7. The lowest BCUT2D eigenvalue weighted by Crippen LogP contribution is -2.40. The zero-order valence-corrected chi connectivity index (χ0v) is 11.5. The number of carbonyl (C=O) groups is 2. The molecule has 0 aliphatic heterocycles. The molecule has 8 nitrogen and oxygen atoms in total. The first-order valence-electron chi connectivity index (χ1n) is 4.84. The quantitative estimate of drug-likeness (QED) is 0.265. The number of pyridine rings is 1. The number of carbonyl (C=O) groups excluding carboxylic acids is 2. The van der Waals surface area contributed by atoms with E-state index in [4.69, 9.17) is 0 Å². The van der Waals surface area contributed by atoms with Crippen LogP contribution in [-0.4, -0.2) is 36.1 Å². The molecule has 0 radical (unpaired) electrons. The average molecular weight is 333 g/mol. The smallest absolute Gasteiger partial charge is 0.340 e. The highest BCUT2D eigenvalue weighted by Gasteiger charge is 2.49. The minimum absolute atomic E-state index is 0.0724. The number of methoxy groups -OCH3 is 2. The van der Waals surface area contributed by atoms with Gasteiger partial charge >= 0.3 is 11.9 Å². The van der Waals surface area contributed by atoms with Gasteiger partial charge < -0.3 is 9.47 Å². The number of hydrogen-bond acceptors (Lipinski definition) is 7. The summed E-state index contributed by atoms with van der Waals surface area (Å²) >= 11 is 2.92. The van der Waals surface area contributed by atoms with Gasteiger partial charge in [0, 0.05) is 6.07 Å². The molecule has 0 amide bonds. The number of nitro groups is 1. The predicted octanol–water partition coefficient (Wildman–Crippen LogP) is 0.926. The van der Waals surface area contributed by atoms with Crippen molar-refractivity contribution in [3.8, 4) is 0 Å². The fourth-order valence-electron chi connectivity index (χ4n) is 1.27. The summed E-state index contributed by atoms with van der Waals surface area (Å²) in [4.78, 5) is 37.0. The number of rotatable bonds is 4. The second kappa shape index (κ2) is 5.74. The van der Waals surface area contributed by atoms with Gasteiger partial charge in [-0.1, -0.05) is 15.9 Å². The molecular weight excluding hydrogens is 324 g/mol. The first kappa shape index (κ1) is 15.0. The van der Waals surface area contributed by atoms with Gasteiger partial charge in [0.2, 0.25) is 0 Å². The zero-order chi connectivity index (χ0) is 14.6. The first-order chi connectivity index (χ1) is 8.87. The van der Waals surface area contributed by atoms with Crippen LogP contribution in [0.2, 0.25) is 0 Å². The highest BCUT2D eigenvalue weighted by molar-refractivity contribution is 9.10. The molecule has 1 aromatic rings. The number of nitrogens with zero attached hydrogens (tertiary/aromatic N) is 2. The molecule has 19 heavy (non-hydrogen) atoms. The fraction of sp³-hybridized carbons (Fsp3) is 0.300. The maximum atomic E-state index is 11.7. The largest absolute Gasteiger partial charge is 0.467 e. The van der Waals surface area contributed by atoms with Crippen molar-refractivity contribution in [1.29, 1.82) is 0 Å². The first-order valence-corrected chi connectivity index (χ1v) is 5.63. The Morgan fingerprint density at radius 3 is 2.16 bits per heavy atom. The van der Waals surface area contributed by atoms with E-state index in [1.54, 1.807) is 0 Å². The van der Waals surface area contributed by atoms with Gasteiger partial charge in [0.05, 0.1) is 24.8 Å². The van der Waals surface area contributed by atoms with Gasteiger partial charge in [-0.25, -0.2) is 9.59 Å². The molecule has 1 heterocycles. The number of esters is 2. The van der Waals surface area contributed by atoms with Gasteiger partial charge in [-0.15, -0.1) is 0 Å². The third-order valence-corrected chi connectivity index (χ3v) is 3.30. The molecule has 0 fully saturated rings. The summed E-state index contributed by atoms with van der Waals surface area (Å²) in [6.45, 7) is 0. The third-order valence-electron chi connectivity index (χ3n) is 2.24. The molecule has 0 N–H and O–H groups in total. The second-order valence-electron chi connectivity index (χ2n) is 3.30. The fourth-order valence-corrected chi connectivity index (χ4v) is 1.83. The van der Waals surface area contributed by atoms with Crippen molar-refractivity contribution in [3.63, 3.8) is 0 Å². The highest BCUT2D eigenvalue weighted by Crippen LogP contribution is 2.33. The Balaban J connectivity index is 3.30. The van der Waals surface area contributed by atoms with E-state index in [1.165, 1.54) is 6.07 Å². The summed E-state index contributed by atoms with van der Waals surface area (Å²) in [7, 11) is 2.18. The molecule has 0 aliphatic rings. The van der Waals surface area contributed by atoms with E-state index in [0.29, 0.717) is 0 Å². The number of ether oxygens (including phenoxy) is 2. The van der Waals surface area contributed by atoms with E-state index >= 15 is 0 Å². The van der Waals surface area contributed by atoms with Crippen molar-refractivity contribution in [2.45, 2.75) is 4.32 Å². The molecule has 0 unspecified atom stereocenters. The van der Waals surface area contributed by atoms with Gasteiger partial charge in [-0.05, 0) is 6.07 Å². The predicted molar refractivity (Wildman–Crippen MR) is 65.5 cm³/mol. The molecule has 0 saturated carbocycles. The SMILES string of the molecule is COC(=O)C(Br)(C(=O)OC)c1ccc([N+](=O)[O-])cn1. The van der Waals surface area contributed by atoms with E-state index in [-0.39, 0.29) is 11.4 Å². The number of alkyl halides is 1. The van der Waals surface area contributed by atoms with Gasteiger partial charge in [0.1, 0.15) is 6.20 Å². The Morgan fingerprint density at radius 2 is 1.84 bits per heavy atom. The van der Waals surface area contributed by atoms with Crippen LogP contribution in [-0.2, 0) is 23.4 Å². The molecule has 9 heteroatoms. The molecule has 0 spiro atoms. The molecule has 0 bridgehead atoms. The van der Waals surface area contributed by atoms with Crippen LogP contribution in [0.5, 0.6) is 0 Å². The standard InChI is InChI=1S/C10H9BrN2O6/c1-18-8(14)10(11,9(15)19-2)7-4-3-6(5-12-7)13(16)17/h3-5H,1-2H3. The zero-order valence-electron chi connectivity index (χ0n) is 9.95. The van der Waals surface area contributed by atoms with Crippen LogP contribution in [0.4, 0.5) is 5.69 Å². The van der Waals surface area contributed by atoms with E-state index in [0.717, 1.165) is 26.5 Å². The molecule has 0 atom stereocenters. The Kier molecular flexibility index (Phi) is 4.54. The number of halogens is 1. The van der Waals surface area contributed by atoms with Crippen molar-refractivity contribution in [3.05, 3.63) is 34.1 Å². The summed E-state index contributed by atoms with van der Waals surface area (Å²) in [6, 6.07) is 2.28. The summed E-state index contributed by atoms with van der Waals surface area (Å²) in [5, 5.41) is 10.5. The Hall–Kier alpha value is -2.03. The van der Waals surface area contributed by atoms with Crippen LogP contribution >= 0.6 is 15.9 Å². The van der Waals surface area contributed by atoms with Crippen molar-refractivity contribution >= 4 is 33.6 Å². The topological polar surface area (TPSA) is 109 Å². The second-order valence-corrected chi connectivity index (χ2v) is 4.49. The molecular formula is C10H9BrN2O6. The van der Waals surface area contributed by atoms with E-state index in [2.05, 4.69) is 30.4 Å². The van der Waals surface area contributed by atoms with Gasteiger partial charge in [-0.3, -0.25) is 15.1 Å². The van der Waals surface area contributed by atoms with Crippen molar-refractivity contribution in [1.82, 2.24) is 4.98 Å². The lowest BCUT2D eigenvalue weighted by molar-refractivity contribution is -0.385. The van der Waals surface area contributed by atoms with Crippen LogP contribution in [0, 0.1) is 10.1 Å². The monoisotopic (exact) mass is 332 g/mol. The van der Waals surface area contributed by atoms with Crippen LogP contribution in [0.25, 0.3) is 0 Å². The summed E-state index contributed by atoms with van der Waals surface area (Å²) in [5.41, 5.74) is -0.342. The Morgan fingerprint density at radius 1 is 1.32 bits per heavy atom. The maximum Gasteiger partial charge on any atom is 0.340 e. The van der Waals surface area contributed by atoms with Crippen LogP contribution in [0.1, 0.15) is 5.69 Å². The minimum Gasteiger partial charge on any atom is -0.467 e. The minimum atomic E-state index is -1.95. The van der Waals surface area contributed by atoms with Gasteiger partial charge in [0.15, 0.2) is 0 Å². The Labute approximate surface area is 116 Å².